The summed E-state index contributed by atoms with van der Waals surface area (Å²) in [6, 6.07) is 8.93. The van der Waals surface area contributed by atoms with E-state index in [0.29, 0.717) is 11.5 Å². The molecule has 1 aromatic carbocycles. The lowest BCUT2D eigenvalue weighted by atomic mass is 9.92. The first-order valence-corrected chi connectivity index (χ1v) is 6.95. The maximum Gasteiger partial charge on any atom is 0.0408 e. The van der Waals surface area contributed by atoms with Gasteiger partial charge in [0.1, 0.15) is 0 Å². The van der Waals surface area contributed by atoms with E-state index in [-0.39, 0.29) is 0 Å². The molecule has 1 aromatic rings. The summed E-state index contributed by atoms with van der Waals surface area (Å²) in [6.45, 7) is 7.76. The van der Waals surface area contributed by atoms with Crippen LogP contribution >= 0.6 is 11.6 Å². The van der Waals surface area contributed by atoms with Crippen LogP contribution in [0.2, 0.25) is 5.02 Å². The summed E-state index contributed by atoms with van der Waals surface area (Å²) in [5, 5.41) is 4.44. The average Bonchev–Trinajstić information content (AvgIpc) is 3.01. The van der Waals surface area contributed by atoms with Gasteiger partial charge in [-0.05, 0) is 30.0 Å². The van der Waals surface area contributed by atoms with Crippen LogP contribution in [-0.2, 0) is 5.41 Å². The van der Waals surface area contributed by atoms with Crippen molar-refractivity contribution in [2.24, 2.45) is 5.92 Å². The van der Waals surface area contributed by atoms with Crippen molar-refractivity contribution >= 4 is 11.6 Å². The summed E-state index contributed by atoms with van der Waals surface area (Å²) < 4.78 is 0. The molecule has 1 aliphatic carbocycles. The van der Waals surface area contributed by atoms with Crippen LogP contribution in [0.5, 0.6) is 0 Å². The van der Waals surface area contributed by atoms with Gasteiger partial charge in [-0.1, -0.05) is 50.9 Å². The topological polar surface area (TPSA) is 12.0 Å². The second-order valence-electron chi connectivity index (χ2n) is 5.51. The third-order valence-electron chi connectivity index (χ3n) is 3.95. The first-order chi connectivity index (χ1) is 8.08. The molecule has 0 spiro atoms. The van der Waals surface area contributed by atoms with Crippen LogP contribution in [0.1, 0.15) is 39.2 Å². The molecular formula is C15H22ClN. The van der Waals surface area contributed by atoms with Crippen LogP contribution in [0, 0.1) is 5.92 Å². The Morgan fingerprint density at radius 1 is 1.47 bits per heavy atom. The van der Waals surface area contributed by atoms with E-state index >= 15 is 0 Å². The molecule has 17 heavy (non-hydrogen) atoms. The fourth-order valence-corrected chi connectivity index (χ4v) is 2.96. The monoisotopic (exact) mass is 251 g/mol. The van der Waals surface area contributed by atoms with Crippen molar-refractivity contribution < 1.29 is 0 Å². The van der Waals surface area contributed by atoms with Crippen LogP contribution in [0.3, 0.4) is 0 Å². The number of benzene rings is 1. The van der Waals surface area contributed by atoms with Gasteiger partial charge in [-0.15, -0.1) is 0 Å². The Morgan fingerprint density at radius 3 is 2.76 bits per heavy atom. The summed E-state index contributed by atoms with van der Waals surface area (Å²) in [6.07, 6.45) is 2.55. The molecule has 0 heterocycles. The van der Waals surface area contributed by atoms with E-state index in [9.17, 15) is 0 Å². The van der Waals surface area contributed by atoms with E-state index in [2.05, 4.69) is 44.3 Å². The molecule has 2 rings (SSSR count). The zero-order valence-electron chi connectivity index (χ0n) is 11.0. The second-order valence-corrected chi connectivity index (χ2v) is 5.95. The van der Waals surface area contributed by atoms with Gasteiger partial charge in [0.05, 0.1) is 0 Å². The smallest absolute Gasteiger partial charge is 0.0408 e. The van der Waals surface area contributed by atoms with E-state index in [4.69, 9.17) is 11.6 Å². The lowest BCUT2D eigenvalue weighted by Gasteiger charge is -2.20. The second kappa shape index (κ2) is 4.99. The van der Waals surface area contributed by atoms with Crippen LogP contribution in [0.15, 0.2) is 24.3 Å². The van der Waals surface area contributed by atoms with E-state index in [0.717, 1.165) is 17.5 Å². The minimum absolute atomic E-state index is 0.337. The molecule has 2 unspecified atom stereocenters. The molecule has 0 aliphatic heterocycles. The highest BCUT2D eigenvalue weighted by Crippen LogP contribution is 2.55. The molecule has 2 atom stereocenters. The van der Waals surface area contributed by atoms with Crippen molar-refractivity contribution in [2.45, 2.75) is 45.1 Å². The fraction of sp³-hybridized carbons (Fsp3) is 0.600. The zero-order valence-corrected chi connectivity index (χ0v) is 11.7. The summed E-state index contributed by atoms with van der Waals surface area (Å²) in [7, 11) is 0. The normalized spacial score (nSPS) is 27.5. The van der Waals surface area contributed by atoms with Gasteiger partial charge in [-0.2, -0.15) is 0 Å². The minimum Gasteiger partial charge on any atom is -0.314 e. The standard InChI is InChI=1S/C15H22ClN/c1-4-12-9-15(12,10-17-11(2)3)13-6-5-7-14(16)8-13/h5-8,11-12,17H,4,9-10H2,1-3H3. The molecule has 1 nitrogen and oxygen atoms in total. The Labute approximate surface area is 110 Å². The molecular weight excluding hydrogens is 230 g/mol. The van der Waals surface area contributed by atoms with Gasteiger partial charge in [-0.25, -0.2) is 0 Å². The maximum absolute atomic E-state index is 6.11. The molecule has 1 aliphatic rings. The van der Waals surface area contributed by atoms with E-state index < -0.39 is 0 Å². The Bertz CT molecular complexity index is 388. The molecule has 0 bridgehead atoms. The summed E-state index contributed by atoms with van der Waals surface area (Å²) in [5.74, 6) is 0.812. The molecule has 0 radical (unpaired) electrons. The minimum atomic E-state index is 0.337. The highest BCUT2D eigenvalue weighted by molar-refractivity contribution is 6.30. The largest absolute Gasteiger partial charge is 0.314 e. The van der Waals surface area contributed by atoms with Gasteiger partial charge < -0.3 is 5.32 Å². The van der Waals surface area contributed by atoms with Crippen molar-refractivity contribution in [3.05, 3.63) is 34.9 Å². The molecule has 0 amide bonds. The molecule has 1 saturated carbocycles. The molecule has 1 N–H and O–H groups in total. The number of rotatable bonds is 5. The lowest BCUT2D eigenvalue weighted by molar-refractivity contribution is 0.487. The number of nitrogens with one attached hydrogen (secondary N) is 1. The predicted molar refractivity (Wildman–Crippen MR) is 74.7 cm³/mol. The average molecular weight is 252 g/mol. The van der Waals surface area contributed by atoms with Crippen LogP contribution in [0.25, 0.3) is 0 Å². The van der Waals surface area contributed by atoms with E-state index in [1.807, 2.05) is 6.07 Å². The summed E-state index contributed by atoms with van der Waals surface area (Å²) in [5.41, 5.74) is 1.74. The SMILES string of the molecule is CCC1CC1(CNC(C)C)c1cccc(Cl)c1. The van der Waals surface area contributed by atoms with Gasteiger partial charge in [0, 0.05) is 23.0 Å². The first-order valence-electron chi connectivity index (χ1n) is 6.58. The van der Waals surface area contributed by atoms with Crippen molar-refractivity contribution in [3.8, 4) is 0 Å². The third kappa shape index (κ3) is 2.66. The quantitative estimate of drug-likeness (QED) is 0.834. The van der Waals surface area contributed by atoms with Crippen LogP contribution in [0.4, 0.5) is 0 Å². The van der Waals surface area contributed by atoms with Gasteiger partial charge in [0.15, 0.2) is 0 Å². The van der Waals surface area contributed by atoms with Gasteiger partial charge >= 0.3 is 0 Å². The predicted octanol–water partition coefficient (Wildman–Crippen LogP) is 4.01. The van der Waals surface area contributed by atoms with E-state index in [1.54, 1.807) is 0 Å². The third-order valence-corrected chi connectivity index (χ3v) is 4.19. The highest BCUT2D eigenvalue weighted by Gasteiger charge is 2.53. The molecule has 2 heteroatoms. The van der Waals surface area contributed by atoms with Gasteiger partial charge in [-0.3, -0.25) is 0 Å². The van der Waals surface area contributed by atoms with Crippen molar-refractivity contribution in [1.82, 2.24) is 5.32 Å². The number of hydrogen-bond donors (Lipinski definition) is 1. The van der Waals surface area contributed by atoms with Gasteiger partial charge in [0.2, 0.25) is 0 Å². The Hall–Kier alpha value is -0.530. The lowest BCUT2D eigenvalue weighted by Crippen LogP contribution is -2.33. The van der Waals surface area contributed by atoms with Crippen molar-refractivity contribution in [3.63, 3.8) is 0 Å². The van der Waals surface area contributed by atoms with Gasteiger partial charge in [0.25, 0.3) is 0 Å². The van der Waals surface area contributed by atoms with Crippen LogP contribution in [-0.4, -0.2) is 12.6 Å². The Kier molecular flexibility index (Phi) is 3.79. The van der Waals surface area contributed by atoms with E-state index in [1.165, 1.54) is 18.4 Å². The number of hydrogen-bond acceptors (Lipinski definition) is 1. The summed E-state index contributed by atoms with van der Waals surface area (Å²) in [4.78, 5) is 0. The van der Waals surface area contributed by atoms with Crippen molar-refractivity contribution in [1.29, 1.82) is 0 Å². The molecule has 0 aromatic heterocycles. The zero-order chi connectivity index (χ0) is 12.5. The maximum atomic E-state index is 6.11. The van der Waals surface area contributed by atoms with Crippen molar-refractivity contribution in [2.75, 3.05) is 6.54 Å². The molecule has 94 valence electrons. The molecule has 1 fully saturated rings. The molecule has 0 saturated heterocycles. The van der Waals surface area contributed by atoms with Crippen LogP contribution < -0.4 is 5.32 Å². The highest BCUT2D eigenvalue weighted by atomic mass is 35.5. The Morgan fingerprint density at radius 2 is 2.24 bits per heavy atom. The number of halogens is 1. The first kappa shape index (κ1) is 12.9. The summed E-state index contributed by atoms with van der Waals surface area (Å²) >= 11 is 6.11. The Balaban J connectivity index is 2.18. The fourth-order valence-electron chi connectivity index (χ4n) is 2.77.